The lowest BCUT2D eigenvalue weighted by Crippen LogP contribution is -2.41. The van der Waals surface area contributed by atoms with Gasteiger partial charge >= 0.3 is 0 Å². The Hall–Kier alpha value is -1.02. The van der Waals surface area contributed by atoms with Crippen molar-refractivity contribution in [1.82, 2.24) is 4.90 Å². The summed E-state index contributed by atoms with van der Waals surface area (Å²) >= 11 is 5.83. The maximum atomic E-state index is 12.5. The van der Waals surface area contributed by atoms with Crippen LogP contribution in [0.25, 0.3) is 0 Å². The third-order valence-corrected chi connectivity index (χ3v) is 4.64. The first kappa shape index (κ1) is 15.4. The molecule has 1 aromatic carbocycles. The molecule has 0 radical (unpaired) electrons. The number of hydrogen-bond donors (Lipinski definition) is 0. The maximum absolute atomic E-state index is 12.5. The molecule has 1 aliphatic heterocycles. The van der Waals surface area contributed by atoms with Crippen LogP contribution in [0.15, 0.2) is 24.3 Å². The zero-order valence-corrected chi connectivity index (χ0v) is 13.4. The van der Waals surface area contributed by atoms with E-state index in [1.165, 1.54) is 0 Å². The van der Waals surface area contributed by atoms with Gasteiger partial charge in [-0.25, -0.2) is 0 Å². The third kappa shape index (κ3) is 3.54. The Balaban J connectivity index is 2.01. The lowest BCUT2D eigenvalue weighted by atomic mass is 9.75. The van der Waals surface area contributed by atoms with E-state index >= 15 is 0 Å². The second-order valence-electron chi connectivity index (χ2n) is 6.77. The average molecular weight is 294 g/mol. The van der Waals surface area contributed by atoms with Crippen molar-refractivity contribution in [3.63, 3.8) is 0 Å². The van der Waals surface area contributed by atoms with Gasteiger partial charge in [0.1, 0.15) is 0 Å². The van der Waals surface area contributed by atoms with Crippen LogP contribution in [0.3, 0.4) is 0 Å². The predicted octanol–water partition coefficient (Wildman–Crippen LogP) is 4.32. The molecular formula is C17H24ClNO. The van der Waals surface area contributed by atoms with E-state index in [0.717, 1.165) is 37.1 Å². The largest absolute Gasteiger partial charge is 0.339 e. The number of amides is 1. The molecule has 3 heteroatoms. The summed E-state index contributed by atoms with van der Waals surface area (Å²) in [4.78, 5) is 14.5. The highest BCUT2D eigenvalue weighted by Gasteiger charge is 2.30. The normalized spacial score (nSPS) is 17.3. The second-order valence-corrected chi connectivity index (χ2v) is 7.03. The minimum absolute atomic E-state index is 0.143. The van der Waals surface area contributed by atoms with Crippen LogP contribution in [0.2, 0.25) is 0 Å². The van der Waals surface area contributed by atoms with Crippen LogP contribution in [-0.2, 0) is 5.88 Å². The Morgan fingerprint density at radius 3 is 2.50 bits per heavy atom. The van der Waals surface area contributed by atoms with Gasteiger partial charge in [-0.2, -0.15) is 0 Å². The summed E-state index contributed by atoms with van der Waals surface area (Å²) in [6, 6.07) is 7.65. The van der Waals surface area contributed by atoms with E-state index in [9.17, 15) is 4.79 Å². The molecule has 20 heavy (non-hydrogen) atoms. The molecule has 0 aliphatic carbocycles. The second kappa shape index (κ2) is 6.17. The van der Waals surface area contributed by atoms with Crippen LogP contribution < -0.4 is 0 Å². The molecule has 1 heterocycles. The van der Waals surface area contributed by atoms with E-state index in [0.29, 0.717) is 17.2 Å². The number of carbonyl (C=O) groups excluding carboxylic acids is 1. The fraction of sp³-hybridized carbons (Fsp3) is 0.588. The Morgan fingerprint density at radius 1 is 1.30 bits per heavy atom. The molecule has 1 fully saturated rings. The summed E-state index contributed by atoms with van der Waals surface area (Å²) in [5.74, 6) is 1.30. The predicted molar refractivity (Wildman–Crippen MR) is 84.1 cm³/mol. The molecule has 2 rings (SSSR count). The first-order valence-corrected chi connectivity index (χ1v) is 7.89. The van der Waals surface area contributed by atoms with Crippen molar-refractivity contribution >= 4 is 17.5 Å². The van der Waals surface area contributed by atoms with Crippen molar-refractivity contribution in [1.29, 1.82) is 0 Å². The highest BCUT2D eigenvalue weighted by Crippen LogP contribution is 2.34. The SMILES string of the molecule is CC(C)(C)C1CCN(C(=O)c2cccc(CCl)c2)CC1. The maximum Gasteiger partial charge on any atom is 0.253 e. The number of nitrogens with zero attached hydrogens (tertiary/aromatic N) is 1. The molecule has 1 aromatic rings. The van der Waals surface area contributed by atoms with Gasteiger partial charge in [0.15, 0.2) is 0 Å². The van der Waals surface area contributed by atoms with E-state index in [-0.39, 0.29) is 5.91 Å². The Labute approximate surface area is 127 Å². The Morgan fingerprint density at radius 2 is 1.95 bits per heavy atom. The molecule has 1 saturated heterocycles. The third-order valence-electron chi connectivity index (χ3n) is 4.34. The van der Waals surface area contributed by atoms with Gasteiger partial charge < -0.3 is 4.90 Å². The molecule has 0 spiro atoms. The average Bonchev–Trinajstić information content (AvgIpc) is 2.46. The molecule has 0 N–H and O–H groups in total. The van der Waals surface area contributed by atoms with Crippen molar-refractivity contribution in [3.8, 4) is 0 Å². The van der Waals surface area contributed by atoms with Gasteiger partial charge in [0.05, 0.1) is 0 Å². The smallest absolute Gasteiger partial charge is 0.253 e. The van der Waals surface area contributed by atoms with Crippen LogP contribution in [0.5, 0.6) is 0 Å². The summed E-state index contributed by atoms with van der Waals surface area (Å²) in [7, 11) is 0. The Bertz CT molecular complexity index is 470. The topological polar surface area (TPSA) is 20.3 Å². The van der Waals surface area contributed by atoms with Gasteiger partial charge in [-0.3, -0.25) is 4.79 Å². The molecule has 2 nitrogen and oxygen atoms in total. The molecular weight excluding hydrogens is 270 g/mol. The summed E-state index contributed by atoms with van der Waals surface area (Å²) in [5.41, 5.74) is 2.10. The fourth-order valence-electron chi connectivity index (χ4n) is 2.92. The van der Waals surface area contributed by atoms with E-state index in [1.807, 2.05) is 29.2 Å². The molecule has 1 amide bonds. The number of halogens is 1. The van der Waals surface area contributed by atoms with Crippen LogP contribution in [0.1, 0.15) is 49.5 Å². The molecule has 0 atom stereocenters. The van der Waals surface area contributed by atoms with Gasteiger partial charge in [-0.1, -0.05) is 32.9 Å². The van der Waals surface area contributed by atoms with Gasteiger partial charge in [-0.15, -0.1) is 11.6 Å². The number of benzene rings is 1. The van der Waals surface area contributed by atoms with Crippen molar-refractivity contribution < 1.29 is 4.79 Å². The van der Waals surface area contributed by atoms with Crippen LogP contribution in [0, 0.1) is 11.3 Å². The fourth-order valence-corrected chi connectivity index (χ4v) is 3.08. The van der Waals surface area contributed by atoms with Crippen LogP contribution >= 0.6 is 11.6 Å². The van der Waals surface area contributed by atoms with Crippen LogP contribution in [-0.4, -0.2) is 23.9 Å². The molecule has 0 bridgehead atoms. The minimum Gasteiger partial charge on any atom is -0.339 e. The number of piperidine rings is 1. The molecule has 0 unspecified atom stereocenters. The summed E-state index contributed by atoms with van der Waals surface area (Å²) < 4.78 is 0. The summed E-state index contributed by atoms with van der Waals surface area (Å²) in [5, 5.41) is 0. The van der Waals surface area contributed by atoms with E-state index in [1.54, 1.807) is 0 Å². The van der Waals surface area contributed by atoms with E-state index in [4.69, 9.17) is 11.6 Å². The summed E-state index contributed by atoms with van der Waals surface area (Å²) in [6.45, 7) is 8.61. The Kier molecular flexibility index (Phi) is 4.74. The number of rotatable bonds is 2. The van der Waals surface area contributed by atoms with Crippen LogP contribution in [0.4, 0.5) is 0 Å². The standard InChI is InChI=1S/C17H24ClNO/c1-17(2,3)15-7-9-19(10-8-15)16(20)14-6-4-5-13(11-14)12-18/h4-6,11,15H,7-10,12H2,1-3H3. The van der Waals surface area contributed by atoms with E-state index in [2.05, 4.69) is 20.8 Å². The van der Waals surface area contributed by atoms with Gasteiger partial charge in [-0.05, 0) is 41.9 Å². The zero-order chi connectivity index (χ0) is 14.8. The van der Waals surface area contributed by atoms with E-state index < -0.39 is 0 Å². The molecule has 0 aromatic heterocycles. The first-order valence-electron chi connectivity index (χ1n) is 7.36. The number of likely N-dealkylation sites (tertiary alicyclic amines) is 1. The summed E-state index contributed by atoms with van der Waals surface area (Å²) in [6.07, 6.45) is 2.20. The number of carbonyl (C=O) groups is 1. The van der Waals surface area contributed by atoms with Crippen molar-refractivity contribution in [2.45, 2.75) is 39.5 Å². The first-order chi connectivity index (χ1) is 9.41. The minimum atomic E-state index is 0.143. The lowest BCUT2D eigenvalue weighted by Gasteiger charge is -2.38. The number of alkyl halides is 1. The monoisotopic (exact) mass is 293 g/mol. The zero-order valence-electron chi connectivity index (χ0n) is 12.7. The van der Waals surface area contributed by atoms with Crippen molar-refractivity contribution in [2.24, 2.45) is 11.3 Å². The van der Waals surface area contributed by atoms with Gasteiger partial charge in [0.2, 0.25) is 0 Å². The van der Waals surface area contributed by atoms with Gasteiger partial charge in [0, 0.05) is 24.5 Å². The number of hydrogen-bond acceptors (Lipinski definition) is 1. The molecule has 1 aliphatic rings. The quantitative estimate of drug-likeness (QED) is 0.744. The lowest BCUT2D eigenvalue weighted by molar-refractivity contribution is 0.0608. The van der Waals surface area contributed by atoms with Crippen molar-refractivity contribution in [2.75, 3.05) is 13.1 Å². The highest BCUT2D eigenvalue weighted by molar-refractivity contribution is 6.17. The molecule has 110 valence electrons. The van der Waals surface area contributed by atoms with Crippen molar-refractivity contribution in [3.05, 3.63) is 35.4 Å². The molecule has 0 saturated carbocycles. The highest BCUT2D eigenvalue weighted by atomic mass is 35.5. The van der Waals surface area contributed by atoms with Gasteiger partial charge in [0.25, 0.3) is 5.91 Å².